The van der Waals surface area contributed by atoms with E-state index in [1.54, 1.807) is 0 Å². The van der Waals surface area contributed by atoms with Crippen LogP contribution in [0.3, 0.4) is 0 Å². The first-order chi connectivity index (χ1) is 30.3. The summed E-state index contributed by atoms with van der Waals surface area (Å²) in [5.74, 6) is 0. The smallest absolute Gasteiger partial charge is 0.0583 e. The quantitative estimate of drug-likeness (QED) is 0.166. The molecule has 0 saturated carbocycles. The Morgan fingerprint density at radius 3 is 1.13 bits per heavy atom. The topological polar surface area (TPSA) is 11.4 Å². The summed E-state index contributed by atoms with van der Waals surface area (Å²) in [5, 5.41) is 7.50. The Balaban J connectivity index is 1.21. The van der Waals surface area contributed by atoms with E-state index in [2.05, 4.69) is 234 Å². The van der Waals surface area contributed by atoms with Gasteiger partial charge >= 0.3 is 0 Å². The molecule has 63 heavy (non-hydrogen) atoms. The largest absolute Gasteiger partial charge is 0.310 e. The number of aromatic nitrogens is 1. The lowest BCUT2D eigenvalue weighted by Crippen LogP contribution is -2.33. The summed E-state index contributed by atoms with van der Waals surface area (Å²) in [5.41, 5.74) is 20.8. The van der Waals surface area contributed by atoms with Gasteiger partial charge in [0, 0.05) is 55.7 Å². The Labute approximate surface area is 370 Å². The van der Waals surface area contributed by atoms with Crippen LogP contribution in [-0.2, 0) is 10.8 Å². The van der Waals surface area contributed by atoms with Crippen molar-refractivity contribution >= 4 is 77.5 Å². The minimum atomic E-state index is -0.270. The Hall–Kier alpha value is -7.10. The molecule has 0 unspecified atom stereocenters. The first-order valence-electron chi connectivity index (χ1n) is 22.4. The van der Waals surface area contributed by atoms with E-state index < -0.39 is 0 Å². The SMILES string of the molecule is Cc1cc(C)cc(N(c2ccc3ccccc3c2)c2cc3c4c(c2)c2cc(N(c5cc(C)cc(C)c5)c5ccc6ccccc6c5)cc5c2n4-c2c(cccc2C5(C)C)C3(C)C)c1. The molecule has 1 aromatic heterocycles. The fraction of sp³-hybridized carbons (Fsp3) is 0.167. The van der Waals surface area contributed by atoms with Crippen LogP contribution in [0.4, 0.5) is 34.1 Å². The summed E-state index contributed by atoms with van der Waals surface area (Å²) in [6.45, 7) is 18.6. The number of fused-ring (bicyclic) bond motifs is 3. The van der Waals surface area contributed by atoms with Crippen molar-refractivity contribution in [2.75, 3.05) is 9.80 Å². The molecule has 0 radical (unpaired) electrons. The zero-order valence-corrected chi connectivity index (χ0v) is 37.4. The average Bonchev–Trinajstić information content (AvgIpc) is 3.58. The molecule has 2 aliphatic heterocycles. The monoisotopic (exact) mass is 813 g/mol. The number of nitrogens with zero attached hydrogens (tertiary/aromatic N) is 3. The molecular formula is C60H51N3. The van der Waals surface area contributed by atoms with Crippen molar-refractivity contribution in [1.82, 2.24) is 4.57 Å². The van der Waals surface area contributed by atoms with Crippen LogP contribution in [0, 0.1) is 27.7 Å². The van der Waals surface area contributed by atoms with Crippen molar-refractivity contribution in [3.05, 3.63) is 208 Å². The lowest BCUT2D eigenvalue weighted by atomic mass is 9.68. The number of benzene rings is 9. The molecule has 3 nitrogen and oxygen atoms in total. The van der Waals surface area contributed by atoms with E-state index in [1.807, 2.05) is 0 Å². The molecule has 0 bridgehead atoms. The van der Waals surface area contributed by atoms with E-state index in [4.69, 9.17) is 0 Å². The van der Waals surface area contributed by atoms with E-state index in [0.29, 0.717) is 0 Å². The van der Waals surface area contributed by atoms with E-state index >= 15 is 0 Å². The second kappa shape index (κ2) is 13.2. The van der Waals surface area contributed by atoms with Crippen molar-refractivity contribution in [2.45, 2.75) is 66.2 Å². The standard InChI is InChI=1S/C60H51N3/c1-36-24-37(2)27-46(26-36)61(44-22-20-40-14-9-11-16-42(40)30-44)48-32-50-51-33-49(62(47-28-38(3)25-39(4)29-47)45-23-21-41-15-10-12-17-43(41)31-45)35-55-57(51)63-56(50)54(34-48)59(5,6)52-18-13-19-53(58(52)63)60(55,7)8/h9-35H,1-8H3. The van der Waals surface area contributed by atoms with Crippen molar-refractivity contribution in [3.8, 4) is 5.69 Å². The van der Waals surface area contributed by atoms with Crippen LogP contribution in [-0.4, -0.2) is 4.57 Å². The molecule has 0 spiro atoms. The van der Waals surface area contributed by atoms with Gasteiger partial charge in [-0.3, -0.25) is 0 Å². The van der Waals surface area contributed by atoms with Crippen LogP contribution in [0.1, 0.15) is 72.2 Å². The molecule has 2 aliphatic rings. The Bertz CT molecular complexity index is 3310. The maximum Gasteiger partial charge on any atom is 0.0583 e. The maximum absolute atomic E-state index is 2.65. The molecule has 0 saturated heterocycles. The zero-order valence-electron chi connectivity index (χ0n) is 37.4. The van der Waals surface area contributed by atoms with E-state index in [-0.39, 0.29) is 10.8 Å². The van der Waals surface area contributed by atoms with Gasteiger partial charge in [0.2, 0.25) is 0 Å². The lowest BCUT2D eigenvalue weighted by molar-refractivity contribution is 0.593. The minimum Gasteiger partial charge on any atom is -0.310 e. The first-order valence-corrected chi connectivity index (χ1v) is 22.4. The molecule has 0 amide bonds. The lowest BCUT2D eigenvalue weighted by Gasteiger charge is -2.42. The maximum atomic E-state index is 2.65. The Kier molecular flexibility index (Phi) is 7.89. The summed E-state index contributed by atoms with van der Waals surface area (Å²) in [6.07, 6.45) is 0. The van der Waals surface area contributed by atoms with Gasteiger partial charge in [0.1, 0.15) is 0 Å². The van der Waals surface area contributed by atoms with Crippen molar-refractivity contribution in [1.29, 1.82) is 0 Å². The summed E-state index contributed by atoms with van der Waals surface area (Å²) in [6, 6.07) is 62.2. The van der Waals surface area contributed by atoms with Crippen LogP contribution >= 0.6 is 0 Å². The average molecular weight is 814 g/mol. The summed E-state index contributed by atoms with van der Waals surface area (Å²) < 4.78 is 2.65. The number of aryl methyl sites for hydroxylation is 4. The van der Waals surface area contributed by atoms with Crippen LogP contribution < -0.4 is 9.80 Å². The molecule has 306 valence electrons. The fourth-order valence-corrected chi connectivity index (χ4v) is 11.4. The minimum absolute atomic E-state index is 0.270. The molecule has 3 heteroatoms. The van der Waals surface area contributed by atoms with Crippen LogP contribution in [0.25, 0.3) is 49.0 Å². The third kappa shape index (κ3) is 5.52. The van der Waals surface area contributed by atoms with Gasteiger partial charge in [-0.15, -0.1) is 0 Å². The number of rotatable bonds is 6. The number of hydrogen-bond acceptors (Lipinski definition) is 2. The van der Waals surface area contributed by atoms with E-state index in [0.717, 1.165) is 22.7 Å². The number of anilines is 6. The summed E-state index contributed by atoms with van der Waals surface area (Å²) >= 11 is 0. The highest BCUT2D eigenvalue weighted by molar-refractivity contribution is 6.16. The molecule has 0 atom stereocenters. The third-order valence-electron chi connectivity index (χ3n) is 14.3. The van der Waals surface area contributed by atoms with E-state index in [1.165, 1.54) is 105 Å². The van der Waals surface area contributed by atoms with Gasteiger partial charge in [-0.25, -0.2) is 0 Å². The van der Waals surface area contributed by atoms with Gasteiger partial charge in [0.25, 0.3) is 0 Å². The van der Waals surface area contributed by atoms with Crippen LogP contribution in [0.2, 0.25) is 0 Å². The van der Waals surface area contributed by atoms with Gasteiger partial charge in [-0.05, 0) is 167 Å². The highest BCUT2D eigenvalue weighted by atomic mass is 15.2. The predicted octanol–water partition coefficient (Wildman–Crippen LogP) is 16.5. The zero-order chi connectivity index (χ0) is 43.1. The van der Waals surface area contributed by atoms with Gasteiger partial charge in [-0.2, -0.15) is 0 Å². The van der Waals surface area contributed by atoms with Gasteiger partial charge < -0.3 is 14.4 Å². The highest BCUT2D eigenvalue weighted by Gasteiger charge is 2.44. The second-order valence-corrected chi connectivity index (χ2v) is 19.5. The third-order valence-corrected chi connectivity index (χ3v) is 14.3. The fourth-order valence-electron chi connectivity index (χ4n) is 11.4. The molecule has 9 aromatic carbocycles. The predicted molar refractivity (Wildman–Crippen MR) is 268 cm³/mol. The van der Waals surface area contributed by atoms with Gasteiger partial charge in [-0.1, -0.05) is 119 Å². The molecule has 3 heterocycles. The first kappa shape index (κ1) is 37.6. The molecule has 0 N–H and O–H groups in total. The summed E-state index contributed by atoms with van der Waals surface area (Å²) in [7, 11) is 0. The van der Waals surface area contributed by atoms with Crippen molar-refractivity contribution in [2.24, 2.45) is 0 Å². The Morgan fingerprint density at radius 1 is 0.333 bits per heavy atom. The van der Waals surface area contributed by atoms with Gasteiger partial charge in [0.05, 0.1) is 16.7 Å². The molecule has 0 aliphatic carbocycles. The van der Waals surface area contributed by atoms with Crippen LogP contribution in [0.15, 0.2) is 164 Å². The van der Waals surface area contributed by atoms with Crippen LogP contribution in [0.5, 0.6) is 0 Å². The molecular weight excluding hydrogens is 763 g/mol. The normalized spacial score (nSPS) is 14.3. The van der Waals surface area contributed by atoms with E-state index in [9.17, 15) is 0 Å². The van der Waals surface area contributed by atoms with Gasteiger partial charge in [0.15, 0.2) is 0 Å². The van der Waals surface area contributed by atoms with Crippen molar-refractivity contribution in [3.63, 3.8) is 0 Å². The Morgan fingerprint density at radius 2 is 0.714 bits per heavy atom. The number of para-hydroxylation sites is 1. The van der Waals surface area contributed by atoms with Crippen molar-refractivity contribution < 1.29 is 0 Å². The second-order valence-electron chi connectivity index (χ2n) is 19.5. The number of hydrogen-bond donors (Lipinski definition) is 0. The molecule has 12 rings (SSSR count). The molecule has 0 fully saturated rings. The molecule has 10 aromatic rings. The highest BCUT2D eigenvalue weighted by Crippen LogP contribution is 2.58. The summed E-state index contributed by atoms with van der Waals surface area (Å²) in [4.78, 5) is 5.00.